The molecule has 3 nitrogen and oxygen atoms in total. The number of hydrogen-bond acceptors (Lipinski definition) is 5. The number of halogens is 1. The molecule has 3 aromatic rings. The minimum absolute atomic E-state index is 0.378. The van der Waals surface area contributed by atoms with Crippen LogP contribution in [-0.2, 0) is 0 Å². The lowest BCUT2D eigenvalue weighted by Crippen LogP contribution is -1.84. The first-order valence-electron chi connectivity index (χ1n) is 4.79. The Morgan fingerprint density at radius 2 is 2.24 bits per heavy atom. The second-order valence-electron chi connectivity index (χ2n) is 3.39. The highest BCUT2D eigenvalue weighted by atomic mass is 127. The Bertz CT molecular complexity index is 642. The molecule has 0 spiro atoms. The molecule has 0 fully saturated rings. The Hall–Kier alpha value is -0.860. The van der Waals surface area contributed by atoms with Crippen LogP contribution in [-0.4, -0.2) is 5.16 Å². The smallest absolute Gasteiger partial charge is 0.231 e. The van der Waals surface area contributed by atoms with Gasteiger partial charge in [0.25, 0.3) is 0 Å². The van der Waals surface area contributed by atoms with Crippen LogP contribution in [0.25, 0.3) is 21.7 Å². The number of nitrogens with zero attached hydrogens (tertiary/aromatic N) is 1. The van der Waals surface area contributed by atoms with Crippen molar-refractivity contribution >= 4 is 51.1 Å². The maximum absolute atomic E-state index is 5.86. The van der Waals surface area contributed by atoms with Gasteiger partial charge in [0.15, 0.2) is 0 Å². The molecule has 0 bridgehead atoms. The molecule has 0 amide bonds. The first-order valence-corrected chi connectivity index (χ1v) is 7.63. The molecule has 0 aliphatic rings. The molecule has 17 heavy (non-hydrogen) atoms. The van der Waals surface area contributed by atoms with Crippen molar-refractivity contribution in [3.8, 4) is 21.7 Å². The van der Waals surface area contributed by atoms with E-state index in [0.717, 1.165) is 21.7 Å². The summed E-state index contributed by atoms with van der Waals surface area (Å²) in [5, 5.41) is 8.15. The van der Waals surface area contributed by atoms with Crippen molar-refractivity contribution in [1.29, 1.82) is 0 Å². The van der Waals surface area contributed by atoms with E-state index in [-0.39, 0.29) is 0 Å². The van der Waals surface area contributed by atoms with Crippen LogP contribution in [0.3, 0.4) is 0 Å². The maximum Gasteiger partial charge on any atom is 0.231 e. The standard InChI is InChI=1S/C11H7IN2OS2/c12-8-4-6(5-17-8)10-9(11(13)15-14-10)7-2-1-3-16-7/h1-5H,13H2. The summed E-state index contributed by atoms with van der Waals surface area (Å²) in [6.07, 6.45) is 0. The van der Waals surface area contributed by atoms with E-state index in [1.165, 1.54) is 2.88 Å². The fourth-order valence-electron chi connectivity index (χ4n) is 1.59. The second-order valence-corrected chi connectivity index (χ2v) is 7.14. The van der Waals surface area contributed by atoms with Gasteiger partial charge in [0.1, 0.15) is 5.69 Å². The normalized spacial score (nSPS) is 10.9. The molecule has 0 atom stereocenters. The van der Waals surface area contributed by atoms with Crippen LogP contribution >= 0.6 is 45.3 Å². The zero-order chi connectivity index (χ0) is 11.8. The van der Waals surface area contributed by atoms with Crippen molar-refractivity contribution in [2.24, 2.45) is 0 Å². The van der Waals surface area contributed by atoms with E-state index in [4.69, 9.17) is 10.3 Å². The molecule has 0 unspecified atom stereocenters. The van der Waals surface area contributed by atoms with E-state index < -0.39 is 0 Å². The first-order chi connectivity index (χ1) is 8.25. The van der Waals surface area contributed by atoms with Crippen molar-refractivity contribution in [2.75, 3.05) is 5.73 Å². The van der Waals surface area contributed by atoms with E-state index in [1.807, 2.05) is 17.5 Å². The van der Waals surface area contributed by atoms with E-state index in [9.17, 15) is 0 Å². The van der Waals surface area contributed by atoms with Crippen LogP contribution in [0, 0.1) is 2.88 Å². The Balaban J connectivity index is 2.19. The Morgan fingerprint density at radius 3 is 2.88 bits per heavy atom. The lowest BCUT2D eigenvalue weighted by Gasteiger charge is -1.96. The second kappa shape index (κ2) is 4.43. The van der Waals surface area contributed by atoms with Gasteiger partial charge in [-0.05, 0) is 40.1 Å². The highest BCUT2D eigenvalue weighted by molar-refractivity contribution is 14.1. The summed E-state index contributed by atoms with van der Waals surface area (Å²) in [5.74, 6) is 0.378. The molecule has 0 radical (unpaired) electrons. The predicted octanol–water partition coefficient (Wildman–Crippen LogP) is 4.32. The fourth-order valence-corrected chi connectivity index (χ4v) is 3.70. The zero-order valence-corrected chi connectivity index (χ0v) is 12.3. The summed E-state index contributed by atoms with van der Waals surface area (Å²) >= 11 is 5.60. The van der Waals surface area contributed by atoms with Crippen molar-refractivity contribution in [1.82, 2.24) is 5.16 Å². The van der Waals surface area contributed by atoms with Crippen molar-refractivity contribution in [3.05, 3.63) is 31.8 Å². The van der Waals surface area contributed by atoms with Crippen LogP contribution in [0.1, 0.15) is 0 Å². The average Bonchev–Trinajstić information content (AvgIpc) is 2.97. The van der Waals surface area contributed by atoms with Crippen LogP contribution in [0.4, 0.5) is 5.88 Å². The Kier molecular flexibility index (Phi) is 2.93. The molecule has 0 aliphatic heterocycles. The van der Waals surface area contributed by atoms with Gasteiger partial charge in [0, 0.05) is 15.8 Å². The maximum atomic E-state index is 5.86. The van der Waals surface area contributed by atoms with Crippen LogP contribution < -0.4 is 5.73 Å². The number of nitrogens with two attached hydrogens (primary N) is 1. The van der Waals surface area contributed by atoms with Gasteiger partial charge in [-0.15, -0.1) is 22.7 Å². The van der Waals surface area contributed by atoms with Crippen molar-refractivity contribution in [3.63, 3.8) is 0 Å². The van der Waals surface area contributed by atoms with Crippen LogP contribution in [0.15, 0.2) is 33.5 Å². The van der Waals surface area contributed by atoms with Crippen molar-refractivity contribution < 1.29 is 4.52 Å². The zero-order valence-electron chi connectivity index (χ0n) is 8.51. The summed E-state index contributed by atoms with van der Waals surface area (Å²) in [6.45, 7) is 0. The van der Waals surface area contributed by atoms with Gasteiger partial charge >= 0.3 is 0 Å². The first kappa shape index (κ1) is 11.2. The predicted molar refractivity (Wildman–Crippen MR) is 80.3 cm³/mol. The number of nitrogen functional groups attached to an aromatic ring is 1. The third kappa shape index (κ3) is 2.00. The minimum atomic E-state index is 0.378. The van der Waals surface area contributed by atoms with Crippen molar-refractivity contribution in [2.45, 2.75) is 0 Å². The molecular formula is C11H7IN2OS2. The molecule has 3 aromatic heterocycles. The Labute approximate surface area is 119 Å². The van der Waals surface area contributed by atoms with Crippen LogP contribution in [0.2, 0.25) is 0 Å². The third-order valence-corrected chi connectivity index (χ3v) is 5.00. The molecule has 3 rings (SSSR count). The lowest BCUT2D eigenvalue weighted by atomic mass is 10.1. The largest absolute Gasteiger partial charge is 0.367 e. The molecule has 0 saturated carbocycles. The van der Waals surface area contributed by atoms with E-state index in [2.05, 4.69) is 39.2 Å². The number of rotatable bonds is 2. The fraction of sp³-hybridized carbons (Fsp3) is 0. The van der Waals surface area contributed by atoms with Gasteiger partial charge in [-0.2, -0.15) is 0 Å². The molecule has 3 heterocycles. The summed E-state index contributed by atoms with van der Waals surface area (Å²) in [7, 11) is 0. The van der Waals surface area contributed by atoms with Gasteiger partial charge in [-0.3, -0.25) is 0 Å². The highest BCUT2D eigenvalue weighted by Gasteiger charge is 2.18. The monoisotopic (exact) mass is 374 g/mol. The molecule has 0 aliphatic carbocycles. The summed E-state index contributed by atoms with van der Waals surface area (Å²) in [5.41, 5.74) is 8.63. The Morgan fingerprint density at radius 1 is 1.35 bits per heavy atom. The summed E-state index contributed by atoms with van der Waals surface area (Å²) in [4.78, 5) is 1.08. The highest BCUT2D eigenvalue weighted by Crippen LogP contribution is 2.39. The minimum Gasteiger partial charge on any atom is -0.367 e. The molecule has 6 heteroatoms. The quantitative estimate of drug-likeness (QED) is 0.680. The van der Waals surface area contributed by atoms with Gasteiger partial charge in [0.05, 0.1) is 8.45 Å². The van der Waals surface area contributed by atoms with E-state index in [0.29, 0.717) is 5.88 Å². The van der Waals surface area contributed by atoms with Gasteiger partial charge in [0.2, 0.25) is 5.88 Å². The number of aromatic nitrogens is 1. The van der Waals surface area contributed by atoms with Gasteiger partial charge < -0.3 is 10.3 Å². The summed E-state index contributed by atoms with van der Waals surface area (Å²) in [6, 6.07) is 6.10. The lowest BCUT2D eigenvalue weighted by molar-refractivity contribution is 0.439. The number of thiophene rings is 2. The molecule has 0 aromatic carbocycles. The van der Waals surface area contributed by atoms with E-state index >= 15 is 0 Å². The SMILES string of the molecule is Nc1onc(-c2csc(I)c2)c1-c1cccs1. The third-order valence-electron chi connectivity index (χ3n) is 2.33. The number of anilines is 1. The molecule has 2 N–H and O–H groups in total. The summed E-state index contributed by atoms with van der Waals surface area (Å²) < 4.78 is 6.34. The topological polar surface area (TPSA) is 52.0 Å². The van der Waals surface area contributed by atoms with Gasteiger partial charge in [-0.25, -0.2) is 0 Å². The van der Waals surface area contributed by atoms with Gasteiger partial charge in [-0.1, -0.05) is 11.2 Å². The van der Waals surface area contributed by atoms with E-state index in [1.54, 1.807) is 22.7 Å². The molecule has 0 saturated heterocycles. The number of hydrogen-bond donors (Lipinski definition) is 1. The molecular weight excluding hydrogens is 367 g/mol. The molecule has 86 valence electrons. The van der Waals surface area contributed by atoms with Crippen LogP contribution in [0.5, 0.6) is 0 Å². The average molecular weight is 374 g/mol.